The monoisotopic (exact) mass is 110 g/mol. The van der Waals surface area contributed by atoms with Crippen molar-refractivity contribution in [2.24, 2.45) is 0 Å². The Bertz CT molecular complexity index is 32.9. The molecule has 0 radical (unpaired) electrons. The SMILES string of the molecule is CCCC=O.[AlH3].[LiH]. The van der Waals surface area contributed by atoms with Crippen molar-refractivity contribution in [3.63, 3.8) is 0 Å². The number of carbonyl (C=O) groups excluding carboxylic acids is 1. The summed E-state index contributed by atoms with van der Waals surface area (Å²) in [5.74, 6) is 0. The van der Waals surface area contributed by atoms with Crippen LogP contribution >= 0.6 is 0 Å². The summed E-state index contributed by atoms with van der Waals surface area (Å²) in [5, 5.41) is 0. The number of rotatable bonds is 2. The van der Waals surface area contributed by atoms with Gasteiger partial charge in [0.15, 0.2) is 17.4 Å². The molecule has 0 aromatic carbocycles. The molecular formula is C4H12AlLiO. The molecule has 0 saturated carbocycles. The maximum atomic E-state index is 9.40. The minimum absolute atomic E-state index is 0. The summed E-state index contributed by atoms with van der Waals surface area (Å²) in [4.78, 5) is 9.40. The van der Waals surface area contributed by atoms with Gasteiger partial charge in [-0.15, -0.1) is 0 Å². The first-order valence-corrected chi connectivity index (χ1v) is 1.85. The second-order valence-corrected chi connectivity index (χ2v) is 0.955. The summed E-state index contributed by atoms with van der Waals surface area (Å²) in [6.07, 6.45) is 2.61. The quantitative estimate of drug-likeness (QED) is 0.334. The van der Waals surface area contributed by atoms with Gasteiger partial charge in [-0.2, -0.15) is 0 Å². The van der Waals surface area contributed by atoms with Crippen LogP contribution in [0, 0.1) is 0 Å². The summed E-state index contributed by atoms with van der Waals surface area (Å²) in [7, 11) is 0. The van der Waals surface area contributed by atoms with Crippen molar-refractivity contribution in [2.45, 2.75) is 19.8 Å². The van der Waals surface area contributed by atoms with E-state index in [9.17, 15) is 4.79 Å². The molecule has 3 heteroatoms. The van der Waals surface area contributed by atoms with Gasteiger partial charge in [0.1, 0.15) is 6.29 Å². The van der Waals surface area contributed by atoms with E-state index in [1.165, 1.54) is 0 Å². The Balaban J connectivity index is -0.0000000800. The molecule has 38 valence electrons. The Kier molecular flexibility index (Phi) is 35.4. The molecule has 1 nitrogen and oxygen atoms in total. The summed E-state index contributed by atoms with van der Waals surface area (Å²) in [6, 6.07) is 0. The zero-order valence-electron chi connectivity index (χ0n) is 3.40. The van der Waals surface area contributed by atoms with Gasteiger partial charge in [0.25, 0.3) is 0 Å². The molecule has 0 amide bonds. The van der Waals surface area contributed by atoms with Gasteiger partial charge >= 0.3 is 18.9 Å². The Morgan fingerprint density at radius 1 is 1.57 bits per heavy atom. The van der Waals surface area contributed by atoms with Crippen LogP contribution in [0.3, 0.4) is 0 Å². The van der Waals surface area contributed by atoms with Crippen molar-refractivity contribution in [1.82, 2.24) is 0 Å². The fourth-order valence-electron chi connectivity index (χ4n) is 0.118. The van der Waals surface area contributed by atoms with Crippen LogP contribution in [0.2, 0.25) is 0 Å². The van der Waals surface area contributed by atoms with Gasteiger partial charge in [0.2, 0.25) is 0 Å². The van der Waals surface area contributed by atoms with Crippen LogP contribution in [-0.2, 0) is 4.79 Å². The first-order valence-electron chi connectivity index (χ1n) is 1.85. The molecule has 0 aliphatic carbocycles. The van der Waals surface area contributed by atoms with E-state index in [1.807, 2.05) is 6.92 Å². The van der Waals surface area contributed by atoms with Crippen LogP contribution in [0.15, 0.2) is 0 Å². The molecule has 0 aromatic rings. The van der Waals surface area contributed by atoms with Crippen molar-refractivity contribution in [1.29, 1.82) is 0 Å². The molecular weight excluding hydrogens is 98.0 g/mol. The van der Waals surface area contributed by atoms with E-state index < -0.39 is 0 Å². The Hall–Kier alpha value is 0.800. The Morgan fingerprint density at radius 3 is 2.00 bits per heavy atom. The van der Waals surface area contributed by atoms with Gasteiger partial charge < -0.3 is 4.79 Å². The molecule has 0 aliphatic rings. The van der Waals surface area contributed by atoms with Crippen LogP contribution in [0.5, 0.6) is 0 Å². The standard InChI is InChI=1S/C4H8O.Al.Li.4H/c1-2-3-4-5;;;;;;/h4H,2-3H2,1H3;;;;;;. The molecule has 0 rings (SSSR count). The zero-order chi connectivity index (χ0) is 4.12. The summed E-state index contributed by atoms with van der Waals surface area (Å²) < 4.78 is 0. The van der Waals surface area contributed by atoms with Gasteiger partial charge in [-0.25, -0.2) is 0 Å². The van der Waals surface area contributed by atoms with Crippen molar-refractivity contribution >= 4 is 42.5 Å². The fourth-order valence-corrected chi connectivity index (χ4v) is 0.118. The second kappa shape index (κ2) is 15.8. The van der Waals surface area contributed by atoms with E-state index in [-0.39, 0.29) is 36.2 Å². The number of unbranched alkanes of at least 4 members (excludes halogenated alkanes) is 1. The molecule has 0 aliphatic heterocycles. The summed E-state index contributed by atoms with van der Waals surface area (Å²) >= 11 is 0. The van der Waals surface area contributed by atoms with Crippen LogP contribution in [0.25, 0.3) is 0 Å². The van der Waals surface area contributed by atoms with Gasteiger partial charge in [-0.05, 0) is 6.42 Å². The molecule has 0 aromatic heterocycles. The number of aldehydes is 1. The number of hydrogen-bond acceptors (Lipinski definition) is 1. The van der Waals surface area contributed by atoms with Crippen molar-refractivity contribution < 1.29 is 4.79 Å². The average Bonchev–Trinajstić information content (AvgIpc) is 1.41. The van der Waals surface area contributed by atoms with Crippen LogP contribution in [0.1, 0.15) is 19.8 Å². The van der Waals surface area contributed by atoms with E-state index in [0.717, 1.165) is 12.7 Å². The summed E-state index contributed by atoms with van der Waals surface area (Å²) in [6.45, 7) is 1.98. The topological polar surface area (TPSA) is 17.1 Å². The second-order valence-electron chi connectivity index (χ2n) is 0.955. The molecule has 0 N–H and O–H groups in total. The third-order valence-electron chi connectivity index (χ3n) is 0.407. The third kappa shape index (κ3) is 20.0. The number of carbonyl (C=O) groups is 1. The van der Waals surface area contributed by atoms with Crippen molar-refractivity contribution in [2.75, 3.05) is 0 Å². The predicted molar refractivity (Wildman–Crippen MR) is 38.1 cm³/mol. The van der Waals surface area contributed by atoms with Gasteiger partial charge in [-0.3, -0.25) is 0 Å². The van der Waals surface area contributed by atoms with Crippen LogP contribution < -0.4 is 0 Å². The zero-order valence-corrected chi connectivity index (χ0v) is 3.40. The van der Waals surface area contributed by atoms with E-state index in [1.54, 1.807) is 0 Å². The van der Waals surface area contributed by atoms with Gasteiger partial charge in [0, 0.05) is 6.42 Å². The molecule has 0 spiro atoms. The van der Waals surface area contributed by atoms with Crippen LogP contribution in [0.4, 0.5) is 0 Å². The molecule has 0 heterocycles. The molecule has 0 bridgehead atoms. The predicted octanol–water partition coefficient (Wildman–Crippen LogP) is -0.847. The van der Waals surface area contributed by atoms with E-state index in [2.05, 4.69) is 0 Å². The summed E-state index contributed by atoms with van der Waals surface area (Å²) in [5.41, 5.74) is 0. The normalized spacial score (nSPS) is 5.29. The van der Waals surface area contributed by atoms with E-state index in [4.69, 9.17) is 0 Å². The molecule has 0 saturated heterocycles. The van der Waals surface area contributed by atoms with Gasteiger partial charge in [-0.1, -0.05) is 6.92 Å². The van der Waals surface area contributed by atoms with Crippen LogP contribution in [-0.4, -0.2) is 42.5 Å². The Morgan fingerprint density at radius 2 is 2.00 bits per heavy atom. The molecule has 7 heavy (non-hydrogen) atoms. The first kappa shape index (κ1) is 15.7. The van der Waals surface area contributed by atoms with E-state index in [0.29, 0.717) is 6.42 Å². The maximum absolute atomic E-state index is 9.40. The van der Waals surface area contributed by atoms with Crippen molar-refractivity contribution in [3.8, 4) is 0 Å². The third-order valence-corrected chi connectivity index (χ3v) is 0.407. The molecule has 0 fully saturated rings. The van der Waals surface area contributed by atoms with Crippen molar-refractivity contribution in [3.05, 3.63) is 0 Å². The first-order chi connectivity index (χ1) is 2.41. The minimum atomic E-state index is 0. The molecule has 0 unspecified atom stereocenters. The molecule has 0 atom stereocenters. The van der Waals surface area contributed by atoms with E-state index >= 15 is 0 Å². The fraction of sp³-hybridized carbons (Fsp3) is 0.750. The average molecular weight is 110 g/mol. The van der Waals surface area contributed by atoms with Gasteiger partial charge in [0.05, 0.1) is 0 Å². The number of hydrogen-bond donors (Lipinski definition) is 0. The Labute approximate surface area is 67.2 Å².